The molecule has 2 heterocycles. The van der Waals surface area contributed by atoms with Crippen LogP contribution in [0.4, 0.5) is 19.1 Å². The van der Waals surface area contributed by atoms with Crippen molar-refractivity contribution in [2.75, 3.05) is 24.6 Å². The van der Waals surface area contributed by atoms with Crippen LogP contribution in [0.25, 0.3) is 11.1 Å². The molecule has 1 saturated carbocycles. The summed E-state index contributed by atoms with van der Waals surface area (Å²) in [6.45, 7) is 3.79. The Balaban J connectivity index is 1.18. The minimum absolute atomic E-state index is 0.143. The first-order valence-electron chi connectivity index (χ1n) is 14.1. The molecule has 5 nitrogen and oxygen atoms in total. The molecule has 2 fully saturated rings. The van der Waals surface area contributed by atoms with E-state index < -0.39 is 23.2 Å². The summed E-state index contributed by atoms with van der Waals surface area (Å²) in [4.78, 5) is 14.4. The maximum absolute atomic E-state index is 14.9. The van der Waals surface area contributed by atoms with Crippen molar-refractivity contribution in [3.63, 3.8) is 0 Å². The number of rotatable bonds is 8. The van der Waals surface area contributed by atoms with Gasteiger partial charge in [-0.3, -0.25) is 0 Å². The maximum Gasteiger partial charge on any atom is 0.225 e. The van der Waals surface area contributed by atoms with Gasteiger partial charge in [-0.15, -0.1) is 0 Å². The van der Waals surface area contributed by atoms with Crippen molar-refractivity contribution in [1.82, 2.24) is 9.97 Å². The molecule has 5 rings (SSSR count). The predicted octanol–water partition coefficient (Wildman–Crippen LogP) is 5.25. The molecule has 1 N–H and O–H groups in total. The van der Waals surface area contributed by atoms with E-state index in [9.17, 15) is 13.2 Å². The van der Waals surface area contributed by atoms with E-state index in [-0.39, 0.29) is 23.7 Å². The van der Waals surface area contributed by atoms with Crippen LogP contribution in [0.15, 0.2) is 42.7 Å². The number of ether oxygens (including phenoxy) is 1. The largest absolute Gasteiger partial charge is 0.487 e. The van der Waals surface area contributed by atoms with E-state index >= 15 is 0 Å². The second-order valence-corrected chi connectivity index (χ2v) is 10.6. The zero-order valence-corrected chi connectivity index (χ0v) is 22.4. The topological polar surface area (TPSA) is 52.2 Å². The fourth-order valence-electron chi connectivity index (χ4n) is 5.39. The first-order chi connectivity index (χ1) is 19.0. The number of aromatic nitrogens is 2. The molecule has 0 atom stereocenters. The third kappa shape index (κ3) is 6.78. The number of anilines is 1. The molecule has 0 bridgehead atoms. The van der Waals surface area contributed by atoms with Crippen LogP contribution in [0.1, 0.15) is 63.0 Å². The maximum atomic E-state index is 14.9. The Kier molecular flexibility index (Phi) is 8.79. The summed E-state index contributed by atoms with van der Waals surface area (Å²) in [5.74, 6) is -1.74. The number of piperidine rings is 1. The molecule has 0 radical (unpaired) electrons. The minimum Gasteiger partial charge on any atom is -0.487 e. The first-order valence-corrected chi connectivity index (χ1v) is 14.1. The summed E-state index contributed by atoms with van der Waals surface area (Å²) in [6, 6.07) is 7.40. The van der Waals surface area contributed by atoms with Gasteiger partial charge in [-0.2, -0.15) is 0 Å². The van der Waals surface area contributed by atoms with E-state index in [1.165, 1.54) is 25.3 Å². The lowest BCUT2D eigenvalue weighted by Gasteiger charge is -2.31. The third-order valence-electron chi connectivity index (χ3n) is 7.85. The molecular formula is C31H36F3N4O+. The van der Waals surface area contributed by atoms with Gasteiger partial charge in [-0.05, 0) is 73.4 Å². The average molecular weight is 538 g/mol. The summed E-state index contributed by atoms with van der Waals surface area (Å²) in [6.07, 6.45) is 13.9. The standard InChI is InChI=1S/C31H35F3N4O/c1-2-21-17-36-31(37-18-21)38-12-10-22(11-13-38)20-39-30-28(33)15-24(16-29(30)34)26-9-8-23(14-27(26)32)19-35-25-6-4-3-5-7-25/h8-9,14-19,22,25H,2-7,10-13,20H2,1H3/p+1. The van der Waals surface area contributed by atoms with Crippen LogP contribution >= 0.6 is 0 Å². The minimum atomic E-state index is -0.833. The molecule has 2 aromatic carbocycles. The van der Waals surface area contributed by atoms with Gasteiger partial charge in [0.15, 0.2) is 29.6 Å². The number of hydrogen-bond donors (Lipinski definition) is 1. The Morgan fingerprint density at radius 3 is 2.26 bits per heavy atom. The highest BCUT2D eigenvalue weighted by atomic mass is 19.1. The molecule has 0 unspecified atom stereocenters. The molecule has 1 aromatic heterocycles. The first kappa shape index (κ1) is 27.2. The molecule has 8 heteroatoms. The molecule has 1 aliphatic heterocycles. The molecule has 0 spiro atoms. The van der Waals surface area contributed by atoms with Gasteiger partial charge < -0.3 is 9.64 Å². The van der Waals surface area contributed by atoms with Crippen molar-refractivity contribution in [2.24, 2.45) is 5.92 Å². The summed E-state index contributed by atoms with van der Waals surface area (Å²) < 4.78 is 50.3. The lowest BCUT2D eigenvalue weighted by Crippen LogP contribution is -2.76. The molecule has 3 aromatic rings. The number of nitrogens with one attached hydrogen (secondary N) is 1. The quantitative estimate of drug-likeness (QED) is 0.399. The molecule has 0 amide bonds. The van der Waals surface area contributed by atoms with Crippen molar-refractivity contribution < 1.29 is 22.9 Å². The lowest BCUT2D eigenvalue weighted by molar-refractivity contribution is -0.502. The van der Waals surface area contributed by atoms with Crippen LogP contribution < -0.4 is 14.6 Å². The zero-order valence-electron chi connectivity index (χ0n) is 22.4. The van der Waals surface area contributed by atoms with Crippen molar-refractivity contribution >= 4 is 12.2 Å². The average Bonchev–Trinajstić information content (AvgIpc) is 2.96. The lowest BCUT2D eigenvalue weighted by atomic mass is 9.96. The molecule has 39 heavy (non-hydrogen) atoms. The van der Waals surface area contributed by atoms with E-state index in [1.54, 1.807) is 12.1 Å². The smallest absolute Gasteiger partial charge is 0.225 e. The van der Waals surface area contributed by atoms with Crippen LogP contribution in [0.5, 0.6) is 5.75 Å². The fourth-order valence-corrected chi connectivity index (χ4v) is 5.39. The SMILES string of the molecule is CCc1cnc(N2CCC(COc3c(F)cc(-c4ccc(C=[NH+]C5CCCCC5)cc4F)cc3F)CC2)nc1. The van der Waals surface area contributed by atoms with Crippen molar-refractivity contribution in [3.05, 3.63) is 71.3 Å². The highest BCUT2D eigenvalue weighted by molar-refractivity contribution is 5.77. The Labute approximate surface area is 228 Å². The highest BCUT2D eigenvalue weighted by Gasteiger charge is 2.23. The van der Waals surface area contributed by atoms with Crippen LogP contribution in [0, 0.1) is 23.4 Å². The predicted molar refractivity (Wildman–Crippen MR) is 147 cm³/mol. The monoisotopic (exact) mass is 537 g/mol. The Hall–Kier alpha value is -3.42. The highest BCUT2D eigenvalue weighted by Crippen LogP contribution is 2.32. The van der Waals surface area contributed by atoms with E-state index in [0.29, 0.717) is 17.6 Å². The number of hydrogen-bond acceptors (Lipinski definition) is 4. The van der Waals surface area contributed by atoms with Gasteiger partial charge in [0.2, 0.25) is 5.95 Å². The summed E-state index contributed by atoms with van der Waals surface area (Å²) in [5, 5.41) is 0. The summed E-state index contributed by atoms with van der Waals surface area (Å²) in [5.41, 5.74) is 2.08. The number of benzene rings is 2. The van der Waals surface area contributed by atoms with Crippen LogP contribution in [-0.2, 0) is 6.42 Å². The number of halogens is 3. The van der Waals surface area contributed by atoms with Gasteiger partial charge in [-0.1, -0.05) is 19.4 Å². The van der Waals surface area contributed by atoms with Gasteiger partial charge in [0.05, 0.1) is 6.61 Å². The summed E-state index contributed by atoms with van der Waals surface area (Å²) in [7, 11) is 0. The Bertz CT molecular complexity index is 1260. The van der Waals surface area contributed by atoms with Crippen molar-refractivity contribution in [1.29, 1.82) is 0 Å². The van der Waals surface area contributed by atoms with Gasteiger partial charge in [0, 0.05) is 49.5 Å². The van der Waals surface area contributed by atoms with Crippen LogP contribution in [0.2, 0.25) is 0 Å². The van der Waals surface area contributed by atoms with Gasteiger partial charge in [0.25, 0.3) is 0 Å². The molecule has 1 saturated heterocycles. The number of aryl methyl sites for hydroxylation is 1. The van der Waals surface area contributed by atoms with Crippen molar-refractivity contribution in [2.45, 2.75) is 64.3 Å². The molecule has 2 aliphatic rings. The second-order valence-electron chi connectivity index (χ2n) is 10.6. The van der Waals surface area contributed by atoms with E-state index in [1.807, 2.05) is 18.6 Å². The van der Waals surface area contributed by atoms with Crippen LogP contribution in [0.3, 0.4) is 0 Å². The Morgan fingerprint density at radius 1 is 0.923 bits per heavy atom. The second kappa shape index (κ2) is 12.6. The van der Waals surface area contributed by atoms with Gasteiger partial charge in [0.1, 0.15) is 5.82 Å². The van der Waals surface area contributed by atoms with Crippen molar-refractivity contribution in [3.8, 4) is 16.9 Å². The Morgan fingerprint density at radius 2 is 1.62 bits per heavy atom. The third-order valence-corrected chi connectivity index (χ3v) is 7.85. The normalized spacial score (nSPS) is 17.2. The molecule has 206 valence electrons. The van der Waals surface area contributed by atoms with E-state index in [2.05, 4.69) is 26.8 Å². The molecular weight excluding hydrogens is 501 g/mol. The van der Waals surface area contributed by atoms with Gasteiger partial charge >= 0.3 is 0 Å². The zero-order chi connectivity index (χ0) is 27.2. The number of nitrogens with zero attached hydrogens (tertiary/aromatic N) is 3. The van der Waals surface area contributed by atoms with Gasteiger partial charge in [-0.25, -0.2) is 28.1 Å². The summed E-state index contributed by atoms with van der Waals surface area (Å²) >= 11 is 0. The van der Waals surface area contributed by atoms with E-state index in [0.717, 1.165) is 62.9 Å². The fraction of sp³-hybridized carbons (Fsp3) is 0.452. The van der Waals surface area contributed by atoms with Crippen LogP contribution in [-0.4, -0.2) is 41.9 Å². The molecule has 1 aliphatic carbocycles. The van der Waals surface area contributed by atoms with E-state index in [4.69, 9.17) is 4.74 Å².